The van der Waals surface area contributed by atoms with Crippen molar-refractivity contribution >= 4 is 11.7 Å². The minimum atomic E-state index is -0.127. The highest BCUT2D eigenvalue weighted by Crippen LogP contribution is 2.19. The van der Waals surface area contributed by atoms with Crippen LogP contribution in [0, 0.1) is 0 Å². The Labute approximate surface area is 160 Å². The van der Waals surface area contributed by atoms with Crippen LogP contribution in [-0.2, 0) is 23.2 Å². The Morgan fingerprint density at radius 1 is 1.30 bits per heavy atom. The van der Waals surface area contributed by atoms with Gasteiger partial charge in [0.15, 0.2) is 5.82 Å². The van der Waals surface area contributed by atoms with Crippen molar-refractivity contribution in [3.05, 3.63) is 35.6 Å². The Balaban J connectivity index is 1.41. The minimum Gasteiger partial charge on any atom is -0.357 e. The molecule has 1 amide bonds. The molecule has 0 radical (unpaired) electrons. The fourth-order valence-electron chi connectivity index (χ4n) is 3.04. The quantitative estimate of drug-likeness (QED) is 0.805. The second-order valence-corrected chi connectivity index (χ2v) is 8.11. The summed E-state index contributed by atoms with van der Waals surface area (Å²) < 4.78 is 5.26. The summed E-state index contributed by atoms with van der Waals surface area (Å²) in [6.07, 6.45) is 6.01. The van der Waals surface area contributed by atoms with Crippen LogP contribution in [0.3, 0.4) is 0 Å². The van der Waals surface area contributed by atoms with Crippen LogP contribution in [0.4, 0.5) is 5.82 Å². The van der Waals surface area contributed by atoms with Crippen LogP contribution < -0.4 is 10.2 Å². The number of hydrogen-bond acceptors (Lipinski definition) is 6. The van der Waals surface area contributed by atoms with E-state index in [-0.39, 0.29) is 11.3 Å². The third-order valence-electron chi connectivity index (χ3n) is 4.66. The Hall–Kier alpha value is -2.44. The number of nitrogens with one attached hydrogen (secondary N) is 1. The standard InChI is InChI=1S/C20H29N5O2/c1-20(2,3)19-23-18(27-24-19)8-6-7-17(26)22-14-15-9-10-21-16(13-15)25-11-4-5-12-25/h9-10,13H,4-8,11-12,14H2,1-3H3,(H,22,26). The number of aryl methyl sites for hydroxylation is 1. The molecule has 0 saturated carbocycles. The first-order chi connectivity index (χ1) is 12.9. The average Bonchev–Trinajstić information content (AvgIpc) is 3.32. The molecule has 1 N–H and O–H groups in total. The summed E-state index contributed by atoms with van der Waals surface area (Å²) in [5.41, 5.74) is 0.949. The van der Waals surface area contributed by atoms with Gasteiger partial charge in [-0.1, -0.05) is 25.9 Å². The number of hydrogen-bond donors (Lipinski definition) is 1. The van der Waals surface area contributed by atoms with Crippen LogP contribution in [0.15, 0.2) is 22.9 Å². The number of anilines is 1. The summed E-state index contributed by atoms with van der Waals surface area (Å²) in [5.74, 6) is 2.33. The van der Waals surface area contributed by atoms with Crippen LogP contribution in [0.25, 0.3) is 0 Å². The minimum absolute atomic E-state index is 0.0325. The lowest BCUT2D eigenvalue weighted by Crippen LogP contribution is -2.23. The first-order valence-corrected chi connectivity index (χ1v) is 9.71. The van der Waals surface area contributed by atoms with Crippen LogP contribution in [-0.4, -0.2) is 34.1 Å². The van der Waals surface area contributed by atoms with Gasteiger partial charge >= 0.3 is 0 Å². The number of pyridine rings is 1. The molecule has 2 aromatic rings. The fourth-order valence-corrected chi connectivity index (χ4v) is 3.04. The Kier molecular flexibility index (Phi) is 6.08. The average molecular weight is 371 g/mol. The molecular weight excluding hydrogens is 342 g/mol. The maximum Gasteiger partial charge on any atom is 0.226 e. The third kappa shape index (κ3) is 5.52. The highest BCUT2D eigenvalue weighted by molar-refractivity contribution is 5.75. The molecule has 0 aliphatic carbocycles. The number of nitrogens with zero attached hydrogens (tertiary/aromatic N) is 4. The van der Waals surface area contributed by atoms with E-state index < -0.39 is 0 Å². The van der Waals surface area contributed by atoms with Gasteiger partial charge in [0, 0.05) is 44.1 Å². The van der Waals surface area contributed by atoms with Gasteiger partial charge in [-0.3, -0.25) is 4.79 Å². The van der Waals surface area contributed by atoms with E-state index in [2.05, 4.69) is 31.4 Å². The molecule has 3 rings (SSSR count). The van der Waals surface area contributed by atoms with E-state index in [1.165, 1.54) is 12.8 Å². The van der Waals surface area contributed by atoms with E-state index in [4.69, 9.17) is 4.52 Å². The molecule has 3 heterocycles. The molecular formula is C20H29N5O2. The normalized spacial score (nSPS) is 14.6. The highest BCUT2D eigenvalue weighted by atomic mass is 16.5. The van der Waals surface area contributed by atoms with Gasteiger partial charge in [-0.2, -0.15) is 4.98 Å². The fraction of sp³-hybridized carbons (Fsp3) is 0.600. The zero-order chi connectivity index (χ0) is 19.3. The number of aromatic nitrogens is 3. The van der Waals surface area contributed by atoms with E-state index in [9.17, 15) is 4.79 Å². The van der Waals surface area contributed by atoms with Gasteiger partial charge in [-0.05, 0) is 37.0 Å². The SMILES string of the molecule is CC(C)(C)c1noc(CCCC(=O)NCc2ccnc(N3CCCC3)c2)n1. The molecule has 1 aliphatic rings. The second kappa shape index (κ2) is 8.50. The molecule has 0 unspecified atom stereocenters. The molecule has 0 atom stereocenters. The topological polar surface area (TPSA) is 84.2 Å². The summed E-state index contributed by atoms with van der Waals surface area (Å²) in [4.78, 5) is 23.2. The van der Waals surface area contributed by atoms with E-state index in [0.29, 0.717) is 37.5 Å². The summed E-state index contributed by atoms with van der Waals surface area (Å²) in [6.45, 7) is 8.79. The lowest BCUT2D eigenvalue weighted by molar-refractivity contribution is -0.121. The van der Waals surface area contributed by atoms with Gasteiger partial charge in [0.1, 0.15) is 5.82 Å². The van der Waals surface area contributed by atoms with Crippen LogP contribution >= 0.6 is 0 Å². The first kappa shape index (κ1) is 19.3. The predicted octanol–water partition coefficient (Wildman–Crippen LogP) is 3.00. The second-order valence-electron chi connectivity index (χ2n) is 8.11. The van der Waals surface area contributed by atoms with Gasteiger partial charge in [0.05, 0.1) is 0 Å². The molecule has 0 spiro atoms. The Bertz CT molecular complexity index is 760. The van der Waals surface area contributed by atoms with Crippen molar-refractivity contribution < 1.29 is 9.32 Å². The summed E-state index contributed by atoms with van der Waals surface area (Å²) >= 11 is 0. The van der Waals surface area contributed by atoms with Gasteiger partial charge in [0.25, 0.3) is 0 Å². The van der Waals surface area contributed by atoms with E-state index in [1.54, 1.807) is 0 Å². The van der Waals surface area contributed by atoms with Crippen molar-refractivity contribution in [2.75, 3.05) is 18.0 Å². The molecule has 1 saturated heterocycles. The Morgan fingerprint density at radius 2 is 2.07 bits per heavy atom. The molecule has 0 aromatic carbocycles. The van der Waals surface area contributed by atoms with E-state index in [1.807, 2.05) is 33.0 Å². The zero-order valence-corrected chi connectivity index (χ0v) is 16.5. The molecule has 1 fully saturated rings. The smallest absolute Gasteiger partial charge is 0.226 e. The van der Waals surface area contributed by atoms with Gasteiger partial charge < -0.3 is 14.7 Å². The van der Waals surface area contributed by atoms with Crippen molar-refractivity contribution in [2.45, 2.75) is 64.8 Å². The number of rotatable bonds is 7. The van der Waals surface area contributed by atoms with Crippen molar-refractivity contribution in [1.29, 1.82) is 0 Å². The van der Waals surface area contributed by atoms with Crippen LogP contribution in [0.1, 0.15) is 63.7 Å². The van der Waals surface area contributed by atoms with Gasteiger partial charge in [-0.25, -0.2) is 4.98 Å². The lowest BCUT2D eigenvalue weighted by Gasteiger charge is -2.17. The number of carbonyl (C=O) groups excluding carboxylic acids is 1. The summed E-state index contributed by atoms with van der Waals surface area (Å²) in [7, 11) is 0. The van der Waals surface area contributed by atoms with Crippen molar-refractivity contribution in [3.8, 4) is 0 Å². The number of carbonyl (C=O) groups is 1. The maximum atomic E-state index is 12.1. The molecule has 1 aliphatic heterocycles. The van der Waals surface area contributed by atoms with Crippen molar-refractivity contribution in [1.82, 2.24) is 20.4 Å². The predicted molar refractivity (Wildman–Crippen MR) is 103 cm³/mol. The van der Waals surface area contributed by atoms with Crippen LogP contribution in [0.2, 0.25) is 0 Å². The molecule has 2 aromatic heterocycles. The maximum absolute atomic E-state index is 12.1. The van der Waals surface area contributed by atoms with E-state index >= 15 is 0 Å². The molecule has 0 bridgehead atoms. The van der Waals surface area contributed by atoms with E-state index in [0.717, 1.165) is 24.5 Å². The van der Waals surface area contributed by atoms with Crippen molar-refractivity contribution in [2.24, 2.45) is 0 Å². The third-order valence-corrected chi connectivity index (χ3v) is 4.66. The number of amides is 1. The largest absolute Gasteiger partial charge is 0.357 e. The van der Waals surface area contributed by atoms with Gasteiger partial charge in [-0.15, -0.1) is 0 Å². The first-order valence-electron chi connectivity index (χ1n) is 9.71. The van der Waals surface area contributed by atoms with Crippen molar-refractivity contribution in [3.63, 3.8) is 0 Å². The Morgan fingerprint density at radius 3 is 2.78 bits per heavy atom. The summed E-state index contributed by atoms with van der Waals surface area (Å²) in [5, 5.41) is 6.99. The summed E-state index contributed by atoms with van der Waals surface area (Å²) in [6, 6.07) is 4.02. The van der Waals surface area contributed by atoms with Gasteiger partial charge in [0.2, 0.25) is 11.8 Å². The molecule has 27 heavy (non-hydrogen) atoms. The zero-order valence-electron chi connectivity index (χ0n) is 16.5. The highest BCUT2D eigenvalue weighted by Gasteiger charge is 2.20. The molecule has 146 valence electrons. The molecule has 7 heteroatoms. The molecule has 7 nitrogen and oxygen atoms in total. The van der Waals surface area contributed by atoms with Crippen LogP contribution in [0.5, 0.6) is 0 Å². The monoisotopic (exact) mass is 371 g/mol. The lowest BCUT2D eigenvalue weighted by atomic mass is 9.96.